The van der Waals surface area contributed by atoms with E-state index < -0.39 is 38.4 Å². The molecule has 0 amide bonds. The van der Waals surface area contributed by atoms with Gasteiger partial charge in [0.05, 0.1) is 26.9 Å². The number of H-pyrrole nitrogens is 1. The monoisotopic (exact) mass is 391 g/mol. The molecule has 2 aromatic heterocycles. The van der Waals surface area contributed by atoms with Crippen LogP contribution in [-0.2, 0) is 13.8 Å². The van der Waals surface area contributed by atoms with E-state index in [0.717, 1.165) is 0 Å². The number of aromatic nitrogens is 4. The number of hydrogen-bond acceptors (Lipinski definition) is 10. The first-order valence-electron chi connectivity index (χ1n) is 6.47. The maximum atomic E-state index is 11.7. The molecular weight excluding hydrogens is 379 g/mol. The fourth-order valence-electron chi connectivity index (χ4n) is 2.35. The van der Waals surface area contributed by atoms with Crippen LogP contribution in [0.15, 0.2) is 11.1 Å². The van der Waals surface area contributed by atoms with Crippen molar-refractivity contribution >= 4 is 24.9 Å². The largest absolute Gasteiger partial charge is 1.00 e. The third-order valence-electron chi connectivity index (χ3n) is 3.36. The Kier molecular flexibility index (Phi) is 8.28. The Hall–Kier alpha value is 0.180. The fraction of sp³-hybridized carbons (Fsp3) is 0.500. The van der Waals surface area contributed by atoms with Gasteiger partial charge in [-0.15, -0.1) is 0 Å². The molecule has 0 bridgehead atoms. The van der Waals surface area contributed by atoms with Crippen molar-refractivity contribution in [2.45, 2.75) is 24.9 Å². The van der Waals surface area contributed by atoms with Crippen LogP contribution in [0, 0.1) is 0 Å². The predicted octanol–water partition coefficient (Wildman–Crippen LogP) is -8.80. The molecule has 3 heterocycles. The molecule has 0 saturated carbocycles. The number of nitrogen functional groups attached to an aromatic ring is 1. The van der Waals surface area contributed by atoms with Gasteiger partial charge in [-0.3, -0.25) is 14.3 Å². The maximum Gasteiger partial charge on any atom is 1.00 e. The first-order valence-corrected chi connectivity index (χ1v) is 7.93. The van der Waals surface area contributed by atoms with Crippen molar-refractivity contribution in [3.63, 3.8) is 0 Å². The van der Waals surface area contributed by atoms with Gasteiger partial charge in [-0.2, -0.15) is 4.98 Å². The van der Waals surface area contributed by atoms with Crippen molar-refractivity contribution < 1.29 is 87.8 Å². The second-order valence-electron chi connectivity index (χ2n) is 4.95. The normalized spacial score (nSPS) is 23.2. The molecule has 2 aromatic rings. The first-order chi connectivity index (χ1) is 10.7. The van der Waals surface area contributed by atoms with Crippen LogP contribution in [0.2, 0.25) is 0 Å². The summed E-state index contributed by atoms with van der Waals surface area (Å²) in [6, 6.07) is 0. The summed E-state index contributed by atoms with van der Waals surface area (Å²) >= 11 is 0. The van der Waals surface area contributed by atoms with E-state index in [1.54, 1.807) is 0 Å². The third-order valence-corrected chi connectivity index (χ3v) is 3.83. The molecule has 0 aliphatic carbocycles. The second kappa shape index (κ2) is 8.91. The first kappa shape index (κ1) is 23.2. The molecule has 25 heavy (non-hydrogen) atoms. The summed E-state index contributed by atoms with van der Waals surface area (Å²) in [6.45, 7) is -0.606. The smallest absolute Gasteiger partial charge is 0.790 e. The van der Waals surface area contributed by atoms with E-state index in [9.17, 15) is 24.3 Å². The zero-order valence-electron chi connectivity index (χ0n) is 13.5. The summed E-state index contributed by atoms with van der Waals surface area (Å²) in [5, 5.41) is 9.89. The number of nitrogens with zero attached hydrogens (tertiary/aromatic N) is 3. The molecule has 4 N–H and O–H groups in total. The van der Waals surface area contributed by atoms with Gasteiger partial charge in [0, 0.05) is 6.42 Å². The molecule has 0 spiro atoms. The topological polar surface area (TPSA) is 191 Å². The fourth-order valence-corrected chi connectivity index (χ4v) is 2.68. The molecule has 1 fully saturated rings. The number of nitrogens with two attached hydrogens (primary N) is 1. The minimum absolute atomic E-state index is 0. The molecule has 12 nitrogen and oxygen atoms in total. The molecule has 1 aliphatic heterocycles. The van der Waals surface area contributed by atoms with Crippen LogP contribution in [0.25, 0.3) is 11.2 Å². The SMILES string of the molecule is Nc1nc2c(ncn2[C@H]2CC(O)[C@@H](COP(=O)([O-])[O-])O2)c(=O)[nH]1.[Na+].[Na+]. The summed E-state index contributed by atoms with van der Waals surface area (Å²) in [5.74, 6) is -0.110. The minimum atomic E-state index is -5.16. The number of rotatable bonds is 4. The number of aliphatic hydroxyl groups excluding tert-OH is 1. The maximum absolute atomic E-state index is 11.7. The molecule has 1 aliphatic rings. The number of phosphoric ester groups is 1. The molecule has 3 atom stereocenters. The van der Waals surface area contributed by atoms with Crippen molar-refractivity contribution in [2.75, 3.05) is 12.3 Å². The number of aliphatic hydroxyl groups is 1. The number of anilines is 1. The third kappa shape index (κ3) is 5.34. The Morgan fingerprint density at radius 3 is 2.84 bits per heavy atom. The average Bonchev–Trinajstić information content (AvgIpc) is 2.99. The number of ether oxygens (including phenoxy) is 1. The second-order valence-corrected chi connectivity index (χ2v) is 6.10. The van der Waals surface area contributed by atoms with Gasteiger partial charge in [0.2, 0.25) is 5.95 Å². The van der Waals surface area contributed by atoms with Crippen LogP contribution in [0.3, 0.4) is 0 Å². The summed E-state index contributed by atoms with van der Waals surface area (Å²) in [7, 11) is -5.16. The van der Waals surface area contributed by atoms with E-state index in [2.05, 4.69) is 19.5 Å². The van der Waals surface area contributed by atoms with Gasteiger partial charge in [0.25, 0.3) is 5.56 Å². The van der Waals surface area contributed by atoms with E-state index in [-0.39, 0.29) is 82.6 Å². The number of nitrogens with one attached hydrogen (secondary N) is 1. The van der Waals surface area contributed by atoms with Crippen molar-refractivity contribution in [1.29, 1.82) is 0 Å². The molecule has 126 valence electrons. The Bertz CT molecular complexity index is 839. The molecule has 0 radical (unpaired) electrons. The van der Waals surface area contributed by atoms with Gasteiger partial charge < -0.3 is 34.5 Å². The Morgan fingerprint density at radius 1 is 1.52 bits per heavy atom. The van der Waals surface area contributed by atoms with Gasteiger partial charge in [-0.05, 0) is 0 Å². The molecule has 1 saturated heterocycles. The van der Waals surface area contributed by atoms with Crippen LogP contribution in [-0.4, -0.2) is 43.4 Å². The van der Waals surface area contributed by atoms with E-state index in [0.29, 0.717) is 0 Å². The Morgan fingerprint density at radius 2 is 2.20 bits per heavy atom. The van der Waals surface area contributed by atoms with Gasteiger partial charge >= 0.3 is 59.1 Å². The van der Waals surface area contributed by atoms with Gasteiger partial charge in [-0.25, -0.2) is 4.98 Å². The van der Waals surface area contributed by atoms with E-state index in [1.165, 1.54) is 10.9 Å². The van der Waals surface area contributed by atoms with Gasteiger partial charge in [-0.1, -0.05) is 0 Å². The average molecular weight is 391 g/mol. The predicted molar refractivity (Wildman–Crippen MR) is 70.7 cm³/mol. The quantitative estimate of drug-likeness (QED) is 0.333. The van der Waals surface area contributed by atoms with E-state index in [1.807, 2.05) is 0 Å². The summed E-state index contributed by atoms with van der Waals surface area (Å²) in [4.78, 5) is 42.8. The number of hydrogen-bond donors (Lipinski definition) is 3. The van der Waals surface area contributed by atoms with Gasteiger partial charge in [0.15, 0.2) is 11.2 Å². The summed E-state index contributed by atoms with van der Waals surface area (Å²) in [6.07, 6.45) is -1.50. The number of phosphoric acid groups is 1. The number of fused-ring (bicyclic) bond motifs is 1. The van der Waals surface area contributed by atoms with Crippen LogP contribution < -0.4 is 80.2 Å². The summed E-state index contributed by atoms with van der Waals surface area (Å²) < 4.78 is 21.5. The zero-order valence-corrected chi connectivity index (χ0v) is 18.4. The Labute approximate surface area is 184 Å². The Balaban J connectivity index is 0.00000156. The molecule has 15 heteroatoms. The molecular formula is C10H12N5Na2O7P. The minimum Gasteiger partial charge on any atom is -0.790 e. The van der Waals surface area contributed by atoms with E-state index >= 15 is 0 Å². The molecule has 0 aromatic carbocycles. The van der Waals surface area contributed by atoms with Crippen LogP contribution in [0.1, 0.15) is 12.6 Å². The zero-order chi connectivity index (χ0) is 16.8. The van der Waals surface area contributed by atoms with Crippen LogP contribution in [0.5, 0.6) is 0 Å². The van der Waals surface area contributed by atoms with Gasteiger partial charge in [0.1, 0.15) is 12.3 Å². The summed E-state index contributed by atoms with van der Waals surface area (Å²) in [5.41, 5.74) is 5.16. The standard InChI is InChI=1S/C10H14N5O7P.2Na/c11-10-13-8-7(9(17)14-10)12-3-15(8)6-1-4(16)5(22-6)2-21-23(18,19)20;;/h3-6,16H,1-2H2,(H2,18,19,20)(H3,11,13,14,17);;/q;2*+1/p-2/t4?,5-,6-;;/m1../s1. The van der Waals surface area contributed by atoms with Crippen molar-refractivity contribution in [1.82, 2.24) is 19.5 Å². The number of imidazole rings is 1. The van der Waals surface area contributed by atoms with Crippen molar-refractivity contribution in [3.8, 4) is 0 Å². The molecule has 3 rings (SSSR count). The van der Waals surface area contributed by atoms with Crippen molar-refractivity contribution in [3.05, 3.63) is 16.7 Å². The molecule has 1 unspecified atom stereocenters. The van der Waals surface area contributed by atoms with E-state index in [4.69, 9.17) is 10.5 Å². The number of aromatic amines is 1. The van der Waals surface area contributed by atoms with Crippen molar-refractivity contribution in [2.24, 2.45) is 0 Å². The van der Waals surface area contributed by atoms with Crippen LogP contribution in [0.4, 0.5) is 5.95 Å². The van der Waals surface area contributed by atoms with Crippen LogP contribution >= 0.6 is 7.82 Å².